The molecule has 4 nitrogen and oxygen atoms in total. The van der Waals surface area contributed by atoms with Crippen LogP contribution >= 0.6 is 0 Å². The number of carbonyl (C=O) groups is 2. The number of hydrogen-bond donors (Lipinski definition) is 0. The Morgan fingerprint density at radius 3 is 2.36 bits per heavy atom. The molecule has 2 aromatic rings. The van der Waals surface area contributed by atoms with Gasteiger partial charge in [-0.05, 0) is 31.0 Å². The van der Waals surface area contributed by atoms with Crippen molar-refractivity contribution in [1.82, 2.24) is 9.47 Å². The van der Waals surface area contributed by atoms with Gasteiger partial charge in [0.2, 0.25) is 5.91 Å². The predicted molar refractivity (Wildman–Crippen MR) is 84.7 cm³/mol. The van der Waals surface area contributed by atoms with Gasteiger partial charge in [-0.15, -0.1) is 0 Å². The van der Waals surface area contributed by atoms with Crippen LogP contribution in [0.15, 0.2) is 24.4 Å². The average molecular weight is 304 g/mol. The van der Waals surface area contributed by atoms with Crippen molar-refractivity contribution >= 4 is 22.7 Å². The summed E-state index contributed by atoms with van der Waals surface area (Å²) < 4.78 is 15.0. The van der Waals surface area contributed by atoms with Crippen molar-refractivity contribution in [3.05, 3.63) is 35.8 Å². The maximum Gasteiger partial charge on any atom is 0.256 e. The number of fused-ring (bicyclic) bond motifs is 1. The zero-order valence-electron chi connectivity index (χ0n) is 13.2. The second-order valence-corrected chi connectivity index (χ2v) is 5.39. The lowest BCUT2D eigenvalue weighted by molar-refractivity contribution is 0.0757. The third-order valence-electron chi connectivity index (χ3n) is 3.61. The van der Waals surface area contributed by atoms with Gasteiger partial charge in [0.1, 0.15) is 5.82 Å². The predicted octanol–water partition coefficient (Wildman–Crippen LogP) is 3.70. The Morgan fingerprint density at radius 2 is 1.82 bits per heavy atom. The zero-order chi connectivity index (χ0) is 16.3. The second-order valence-electron chi connectivity index (χ2n) is 5.39. The summed E-state index contributed by atoms with van der Waals surface area (Å²) in [6.07, 6.45) is 3.23. The molecule has 2 rings (SSSR count). The minimum atomic E-state index is -0.416. The highest BCUT2D eigenvalue weighted by Gasteiger charge is 2.21. The molecule has 0 aliphatic carbocycles. The number of aromatic nitrogens is 1. The molecule has 0 N–H and O–H groups in total. The lowest BCUT2D eigenvalue weighted by Crippen LogP contribution is -2.32. The molecule has 0 aliphatic rings. The Kier molecular flexibility index (Phi) is 4.96. The molecule has 0 aliphatic heterocycles. The van der Waals surface area contributed by atoms with Crippen molar-refractivity contribution in [3.63, 3.8) is 0 Å². The third-order valence-corrected chi connectivity index (χ3v) is 3.61. The van der Waals surface area contributed by atoms with Gasteiger partial charge >= 0.3 is 0 Å². The summed E-state index contributed by atoms with van der Waals surface area (Å²) >= 11 is 0. The largest absolute Gasteiger partial charge is 0.339 e. The number of rotatable bonds is 5. The van der Waals surface area contributed by atoms with Crippen molar-refractivity contribution in [2.75, 3.05) is 13.1 Å². The van der Waals surface area contributed by atoms with E-state index in [-0.39, 0.29) is 11.8 Å². The van der Waals surface area contributed by atoms with Crippen LogP contribution in [-0.4, -0.2) is 34.4 Å². The van der Waals surface area contributed by atoms with Crippen LogP contribution in [0.25, 0.3) is 10.9 Å². The highest BCUT2D eigenvalue weighted by atomic mass is 19.1. The molecule has 1 heterocycles. The summed E-state index contributed by atoms with van der Waals surface area (Å²) in [4.78, 5) is 26.3. The molecule has 1 aromatic heterocycles. The molecule has 0 bridgehead atoms. The number of hydrogen-bond acceptors (Lipinski definition) is 2. The van der Waals surface area contributed by atoms with Crippen LogP contribution < -0.4 is 0 Å². The van der Waals surface area contributed by atoms with Crippen molar-refractivity contribution in [3.8, 4) is 0 Å². The lowest BCUT2D eigenvalue weighted by atomic mass is 10.1. The van der Waals surface area contributed by atoms with Crippen LogP contribution in [-0.2, 0) is 0 Å². The van der Waals surface area contributed by atoms with E-state index in [2.05, 4.69) is 0 Å². The summed E-state index contributed by atoms with van der Waals surface area (Å²) in [5.74, 6) is -0.770. The molecule has 0 saturated heterocycles. The van der Waals surface area contributed by atoms with E-state index in [4.69, 9.17) is 0 Å². The molecule has 0 atom stereocenters. The summed E-state index contributed by atoms with van der Waals surface area (Å²) in [5, 5.41) is 0.484. The van der Waals surface area contributed by atoms with Crippen molar-refractivity contribution in [2.45, 2.75) is 33.6 Å². The molecule has 0 saturated carbocycles. The van der Waals surface area contributed by atoms with E-state index in [0.717, 1.165) is 12.8 Å². The average Bonchev–Trinajstić information content (AvgIpc) is 2.85. The van der Waals surface area contributed by atoms with E-state index in [1.54, 1.807) is 4.90 Å². The first-order valence-corrected chi connectivity index (χ1v) is 7.60. The van der Waals surface area contributed by atoms with Gasteiger partial charge in [0.25, 0.3) is 5.91 Å². The number of benzene rings is 1. The first-order valence-electron chi connectivity index (χ1n) is 7.60. The Hall–Kier alpha value is -2.17. The van der Waals surface area contributed by atoms with Crippen LogP contribution in [0, 0.1) is 5.82 Å². The normalized spacial score (nSPS) is 10.9. The molecule has 118 valence electrons. The number of halogens is 1. The van der Waals surface area contributed by atoms with Gasteiger partial charge in [0.05, 0.1) is 11.1 Å². The molecule has 0 spiro atoms. The van der Waals surface area contributed by atoms with Crippen molar-refractivity contribution < 1.29 is 14.0 Å². The van der Waals surface area contributed by atoms with Crippen LogP contribution in [0.4, 0.5) is 4.39 Å². The number of carbonyl (C=O) groups excluding carboxylic acids is 2. The molecule has 1 amide bonds. The summed E-state index contributed by atoms with van der Waals surface area (Å²) in [6.45, 7) is 6.74. The van der Waals surface area contributed by atoms with E-state index in [1.165, 1.54) is 35.9 Å². The fourth-order valence-electron chi connectivity index (χ4n) is 2.66. The molecule has 22 heavy (non-hydrogen) atoms. The van der Waals surface area contributed by atoms with Crippen molar-refractivity contribution in [2.24, 2.45) is 0 Å². The van der Waals surface area contributed by atoms with Gasteiger partial charge in [-0.2, -0.15) is 0 Å². The molecule has 0 fully saturated rings. The Balaban J connectivity index is 2.56. The molecular weight excluding hydrogens is 283 g/mol. The van der Waals surface area contributed by atoms with Crippen LogP contribution in [0.2, 0.25) is 0 Å². The maximum absolute atomic E-state index is 13.6. The highest BCUT2D eigenvalue weighted by molar-refractivity contribution is 6.09. The zero-order valence-corrected chi connectivity index (χ0v) is 13.2. The van der Waals surface area contributed by atoms with Crippen molar-refractivity contribution in [1.29, 1.82) is 0 Å². The topological polar surface area (TPSA) is 42.3 Å². The molecule has 0 radical (unpaired) electrons. The fourth-order valence-corrected chi connectivity index (χ4v) is 2.66. The van der Waals surface area contributed by atoms with Crippen LogP contribution in [0.1, 0.15) is 48.8 Å². The van der Waals surface area contributed by atoms with Crippen LogP contribution in [0.3, 0.4) is 0 Å². The minimum Gasteiger partial charge on any atom is -0.339 e. The van der Waals surface area contributed by atoms with E-state index in [9.17, 15) is 14.0 Å². The van der Waals surface area contributed by atoms with E-state index < -0.39 is 5.82 Å². The molecule has 1 aromatic carbocycles. The standard InChI is InChI=1S/C17H21FN2O2/c1-4-8-19(9-5-2)17(22)15-11-20(12(3)21)16-7-6-13(18)10-14(15)16/h6-7,10-11H,4-5,8-9H2,1-3H3. The van der Waals surface area contributed by atoms with Gasteiger partial charge in [0, 0.05) is 31.6 Å². The van der Waals surface area contributed by atoms with E-state index in [1.807, 2.05) is 13.8 Å². The van der Waals surface area contributed by atoms with E-state index in [0.29, 0.717) is 29.6 Å². The fraction of sp³-hybridized carbons (Fsp3) is 0.412. The Morgan fingerprint density at radius 1 is 1.18 bits per heavy atom. The van der Waals surface area contributed by atoms with Gasteiger partial charge in [0.15, 0.2) is 0 Å². The second kappa shape index (κ2) is 6.73. The quantitative estimate of drug-likeness (QED) is 0.845. The summed E-state index contributed by atoms with van der Waals surface area (Å²) in [6, 6.07) is 4.15. The first-order chi connectivity index (χ1) is 10.5. The third kappa shape index (κ3) is 3.03. The van der Waals surface area contributed by atoms with Gasteiger partial charge in [-0.25, -0.2) is 4.39 Å². The molecule has 0 unspecified atom stereocenters. The minimum absolute atomic E-state index is 0.153. The molecule has 5 heteroatoms. The highest BCUT2D eigenvalue weighted by Crippen LogP contribution is 2.24. The van der Waals surface area contributed by atoms with Gasteiger partial charge in [-0.1, -0.05) is 13.8 Å². The maximum atomic E-state index is 13.6. The monoisotopic (exact) mass is 304 g/mol. The first kappa shape index (κ1) is 16.2. The summed E-state index contributed by atoms with van der Waals surface area (Å²) in [5.41, 5.74) is 0.941. The lowest BCUT2D eigenvalue weighted by Gasteiger charge is -2.21. The summed E-state index contributed by atoms with van der Waals surface area (Å²) in [7, 11) is 0. The molecular formula is C17H21FN2O2. The smallest absolute Gasteiger partial charge is 0.256 e. The van der Waals surface area contributed by atoms with E-state index >= 15 is 0 Å². The van der Waals surface area contributed by atoms with Gasteiger partial charge < -0.3 is 4.90 Å². The Bertz CT molecular complexity index is 700. The van der Waals surface area contributed by atoms with Crippen LogP contribution in [0.5, 0.6) is 0 Å². The number of amides is 1. The number of nitrogens with zero attached hydrogens (tertiary/aromatic N) is 2. The Labute approximate surface area is 129 Å². The SMILES string of the molecule is CCCN(CCC)C(=O)c1cn(C(C)=O)c2ccc(F)cc12. The van der Waals surface area contributed by atoms with Gasteiger partial charge in [-0.3, -0.25) is 14.2 Å².